The second kappa shape index (κ2) is 3.42. The molecule has 0 aromatic heterocycles. The molecule has 0 saturated carbocycles. The molecule has 0 aromatic carbocycles. The number of hydrogen-bond acceptors (Lipinski definition) is 4. The van der Waals surface area contributed by atoms with Crippen LogP contribution in [0.5, 0.6) is 0 Å². The third-order valence-electron chi connectivity index (χ3n) is 3.58. The summed E-state index contributed by atoms with van der Waals surface area (Å²) >= 11 is 0. The van der Waals surface area contributed by atoms with Crippen LogP contribution in [0.3, 0.4) is 0 Å². The van der Waals surface area contributed by atoms with Crippen LogP contribution in [0, 0.1) is 5.41 Å². The van der Waals surface area contributed by atoms with Crippen LogP contribution >= 0.6 is 0 Å². The molecule has 4 fully saturated rings. The summed E-state index contributed by atoms with van der Waals surface area (Å²) in [5.41, 5.74) is 0.0743. The van der Waals surface area contributed by atoms with Crippen molar-refractivity contribution in [2.24, 2.45) is 5.41 Å². The van der Waals surface area contributed by atoms with E-state index in [2.05, 4.69) is 12.2 Å². The van der Waals surface area contributed by atoms with Gasteiger partial charge in [-0.25, -0.2) is 0 Å². The van der Waals surface area contributed by atoms with Gasteiger partial charge in [0.15, 0.2) is 0 Å². The van der Waals surface area contributed by atoms with E-state index < -0.39 is 5.97 Å². The molecule has 2 bridgehead atoms. The first-order valence-corrected chi connectivity index (χ1v) is 5.85. The summed E-state index contributed by atoms with van der Waals surface area (Å²) in [6.45, 7) is 5.54. The molecule has 4 aliphatic heterocycles. The number of fused-ring (bicyclic) bond motifs is 3. The fourth-order valence-corrected chi connectivity index (χ4v) is 2.51. The minimum atomic E-state index is -0.736. The van der Waals surface area contributed by atoms with E-state index in [4.69, 9.17) is 14.2 Å². The minimum absolute atomic E-state index is 0.0743. The quantitative estimate of drug-likeness (QED) is 0.738. The Hall–Kier alpha value is -0.160. The van der Waals surface area contributed by atoms with Crippen LogP contribution in [0.1, 0.15) is 26.2 Å². The first-order chi connectivity index (χ1) is 7.20. The van der Waals surface area contributed by atoms with Crippen LogP contribution in [-0.2, 0) is 14.2 Å². The molecular weight excluding hydrogens is 194 g/mol. The Morgan fingerprint density at radius 2 is 1.87 bits per heavy atom. The van der Waals surface area contributed by atoms with E-state index >= 15 is 0 Å². The second-order valence-corrected chi connectivity index (χ2v) is 5.36. The third kappa shape index (κ3) is 1.80. The number of hydrogen-bond donors (Lipinski definition) is 1. The Kier molecular flexibility index (Phi) is 2.28. The van der Waals surface area contributed by atoms with Gasteiger partial charge in [-0.1, -0.05) is 6.92 Å². The Labute approximate surface area is 90.3 Å². The zero-order valence-electron chi connectivity index (χ0n) is 9.25. The third-order valence-corrected chi connectivity index (χ3v) is 3.58. The molecule has 4 aliphatic rings. The van der Waals surface area contributed by atoms with Crippen molar-refractivity contribution in [2.45, 2.75) is 38.2 Å². The van der Waals surface area contributed by atoms with Gasteiger partial charge in [-0.2, -0.15) is 0 Å². The normalized spacial score (nSPS) is 49.8. The van der Waals surface area contributed by atoms with Crippen molar-refractivity contribution in [2.75, 3.05) is 26.4 Å². The van der Waals surface area contributed by atoms with Crippen LogP contribution in [-0.4, -0.2) is 38.4 Å². The van der Waals surface area contributed by atoms with Gasteiger partial charge in [0.2, 0.25) is 0 Å². The van der Waals surface area contributed by atoms with Gasteiger partial charge >= 0.3 is 0 Å². The lowest BCUT2D eigenvalue weighted by molar-refractivity contribution is -0.468. The lowest BCUT2D eigenvalue weighted by Gasteiger charge is -2.51. The van der Waals surface area contributed by atoms with E-state index in [-0.39, 0.29) is 5.41 Å². The van der Waals surface area contributed by atoms with Gasteiger partial charge in [0.25, 0.3) is 5.97 Å². The standard InChI is InChI=1S/C11H19NO3/c1-10-6-13-11(14-7-10,15-8-10)5-9-3-2-4-12-9/h9,12H,2-8H2,1H3. The van der Waals surface area contributed by atoms with Crippen LogP contribution in [0.15, 0.2) is 0 Å². The molecule has 1 unspecified atom stereocenters. The molecular formula is C11H19NO3. The molecule has 4 saturated heterocycles. The molecule has 1 atom stereocenters. The molecule has 0 aliphatic carbocycles. The molecule has 15 heavy (non-hydrogen) atoms. The highest BCUT2D eigenvalue weighted by Crippen LogP contribution is 2.40. The zero-order valence-corrected chi connectivity index (χ0v) is 9.25. The zero-order chi connectivity index (χ0) is 10.4. The molecule has 1 N–H and O–H groups in total. The van der Waals surface area contributed by atoms with E-state index in [0.717, 1.165) is 32.8 Å². The average molecular weight is 213 g/mol. The second-order valence-electron chi connectivity index (χ2n) is 5.36. The van der Waals surface area contributed by atoms with Gasteiger partial charge in [-0.3, -0.25) is 0 Å². The predicted molar refractivity (Wildman–Crippen MR) is 54.3 cm³/mol. The molecule has 4 rings (SSSR count). The minimum Gasteiger partial charge on any atom is -0.327 e. The Morgan fingerprint density at radius 1 is 1.20 bits per heavy atom. The van der Waals surface area contributed by atoms with Crippen molar-refractivity contribution < 1.29 is 14.2 Å². The van der Waals surface area contributed by atoms with Gasteiger partial charge in [0.05, 0.1) is 19.8 Å². The summed E-state index contributed by atoms with van der Waals surface area (Å²) < 4.78 is 17.2. The molecule has 0 radical (unpaired) electrons. The number of rotatable bonds is 2. The monoisotopic (exact) mass is 213 g/mol. The fraction of sp³-hybridized carbons (Fsp3) is 1.00. The van der Waals surface area contributed by atoms with E-state index in [9.17, 15) is 0 Å². The van der Waals surface area contributed by atoms with Crippen molar-refractivity contribution in [1.29, 1.82) is 0 Å². The van der Waals surface area contributed by atoms with Crippen molar-refractivity contribution in [1.82, 2.24) is 5.32 Å². The van der Waals surface area contributed by atoms with Gasteiger partial charge in [-0.05, 0) is 19.4 Å². The van der Waals surface area contributed by atoms with Crippen molar-refractivity contribution >= 4 is 0 Å². The lowest BCUT2D eigenvalue weighted by atomic mass is 9.91. The summed E-state index contributed by atoms with van der Waals surface area (Å²) in [4.78, 5) is 0. The summed E-state index contributed by atoms with van der Waals surface area (Å²) in [7, 11) is 0. The molecule has 4 heterocycles. The van der Waals surface area contributed by atoms with Gasteiger partial charge in [0, 0.05) is 17.9 Å². The Morgan fingerprint density at radius 3 is 2.40 bits per heavy atom. The number of ether oxygens (including phenoxy) is 3. The Balaban J connectivity index is 1.65. The van der Waals surface area contributed by atoms with Crippen LogP contribution in [0.2, 0.25) is 0 Å². The first kappa shape index (κ1) is 10.0. The molecule has 0 spiro atoms. The van der Waals surface area contributed by atoms with E-state index in [0.29, 0.717) is 6.04 Å². The largest absolute Gasteiger partial charge is 0.327 e. The van der Waals surface area contributed by atoms with Crippen LogP contribution < -0.4 is 5.32 Å². The lowest BCUT2D eigenvalue weighted by Crippen LogP contribution is -2.60. The van der Waals surface area contributed by atoms with E-state index in [1.54, 1.807) is 0 Å². The average Bonchev–Trinajstić information content (AvgIpc) is 2.73. The summed E-state index contributed by atoms with van der Waals surface area (Å²) in [6, 6.07) is 0.493. The maximum Gasteiger partial charge on any atom is 0.284 e. The molecule has 4 heteroatoms. The topological polar surface area (TPSA) is 39.7 Å². The maximum absolute atomic E-state index is 5.74. The number of nitrogens with one attached hydrogen (secondary N) is 1. The Bertz CT molecular complexity index is 226. The van der Waals surface area contributed by atoms with Crippen LogP contribution in [0.25, 0.3) is 0 Å². The van der Waals surface area contributed by atoms with E-state index in [1.807, 2.05) is 0 Å². The van der Waals surface area contributed by atoms with Gasteiger partial charge in [0.1, 0.15) is 0 Å². The van der Waals surface area contributed by atoms with Crippen molar-refractivity contribution in [3.8, 4) is 0 Å². The smallest absolute Gasteiger partial charge is 0.284 e. The van der Waals surface area contributed by atoms with E-state index in [1.165, 1.54) is 12.8 Å². The highest BCUT2D eigenvalue weighted by molar-refractivity contribution is 4.88. The first-order valence-electron chi connectivity index (χ1n) is 5.85. The fourth-order valence-electron chi connectivity index (χ4n) is 2.51. The predicted octanol–water partition coefficient (Wildman–Crippen LogP) is 0.866. The highest BCUT2D eigenvalue weighted by Gasteiger charge is 2.51. The summed E-state index contributed by atoms with van der Waals surface area (Å²) in [5, 5.41) is 3.45. The molecule has 4 nitrogen and oxygen atoms in total. The van der Waals surface area contributed by atoms with Crippen molar-refractivity contribution in [3.63, 3.8) is 0 Å². The van der Waals surface area contributed by atoms with Crippen molar-refractivity contribution in [3.05, 3.63) is 0 Å². The molecule has 0 aromatic rings. The van der Waals surface area contributed by atoms with Gasteiger partial charge in [-0.15, -0.1) is 0 Å². The molecule has 0 amide bonds. The van der Waals surface area contributed by atoms with Gasteiger partial charge < -0.3 is 19.5 Å². The summed E-state index contributed by atoms with van der Waals surface area (Å²) in [6.07, 6.45) is 3.27. The maximum atomic E-state index is 5.74. The highest BCUT2D eigenvalue weighted by atomic mass is 16.9. The van der Waals surface area contributed by atoms with Crippen LogP contribution in [0.4, 0.5) is 0 Å². The summed E-state index contributed by atoms with van der Waals surface area (Å²) in [5.74, 6) is -0.736. The SMILES string of the molecule is CC12COC(CC3CCCN3)(OC1)OC2. The molecule has 86 valence electrons.